The smallest absolute Gasteiger partial charge is 0.241 e. The maximum atomic E-state index is 13.6. The zero-order chi connectivity index (χ0) is 23.9. The van der Waals surface area contributed by atoms with Crippen molar-refractivity contribution in [3.63, 3.8) is 0 Å². The average molecular weight is 498 g/mol. The van der Waals surface area contributed by atoms with E-state index in [1.807, 2.05) is 59.2 Å². The lowest BCUT2D eigenvalue weighted by Crippen LogP contribution is -2.20. The Labute approximate surface area is 213 Å². The Morgan fingerprint density at radius 3 is 2.69 bits per heavy atom. The van der Waals surface area contributed by atoms with Gasteiger partial charge in [-0.05, 0) is 55.0 Å². The van der Waals surface area contributed by atoms with Gasteiger partial charge in [-0.2, -0.15) is 0 Å². The Kier molecular flexibility index (Phi) is 5.83. The average Bonchev–Trinajstić information content (AvgIpc) is 3.21. The molecule has 0 amide bonds. The van der Waals surface area contributed by atoms with Gasteiger partial charge in [0.2, 0.25) is 5.91 Å². The molecule has 3 aromatic carbocycles. The first-order chi connectivity index (χ1) is 17.1. The van der Waals surface area contributed by atoms with Crippen LogP contribution < -0.4 is 0 Å². The Morgan fingerprint density at radius 1 is 1.03 bits per heavy atom. The van der Waals surface area contributed by atoms with Crippen LogP contribution in [0.2, 0.25) is 5.02 Å². The van der Waals surface area contributed by atoms with Gasteiger partial charge < -0.3 is 0 Å². The number of halogens is 1. The van der Waals surface area contributed by atoms with Gasteiger partial charge in [-0.15, -0.1) is 0 Å². The lowest BCUT2D eigenvalue weighted by molar-refractivity contribution is 0.0943. The summed E-state index contributed by atoms with van der Waals surface area (Å²) in [6, 6.07) is 24.0. The Balaban J connectivity index is 1.36. The van der Waals surface area contributed by atoms with Crippen molar-refractivity contribution in [2.45, 2.75) is 31.3 Å². The Bertz CT molecular complexity index is 1580. The van der Waals surface area contributed by atoms with E-state index in [0.717, 1.165) is 46.9 Å². The molecule has 4 nitrogen and oxygen atoms in total. The van der Waals surface area contributed by atoms with Crippen molar-refractivity contribution in [1.29, 1.82) is 0 Å². The summed E-state index contributed by atoms with van der Waals surface area (Å²) in [4.78, 5) is 23.2. The van der Waals surface area contributed by atoms with Crippen LogP contribution in [0.4, 0.5) is 0 Å². The molecule has 0 aliphatic heterocycles. The van der Waals surface area contributed by atoms with Crippen LogP contribution in [-0.4, -0.2) is 26.2 Å². The summed E-state index contributed by atoms with van der Waals surface area (Å²) in [5.41, 5.74) is 6.16. The number of hydrogen-bond donors (Lipinski definition) is 0. The number of fused-ring (bicyclic) bond motifs is 4. The SMILES string of the molecule is C[C@H]1CCc2c(c3ccccc3n2C(=O)CSc2nc(-c3ccccc3)c3cc(Cl)ccc3n2)C1. The fourth-order valence-corrected chi connectivity index (χ4v) is 5.99. The first kappa shape index (κ1) is 22.3. The minimum atomic E-state index is 0.0723. The maximum absolute atomic E-state index is 13.6. The summed E-state index contributed by atoms with van der Waals surface area (Å²) in [6.07, 6.45) is 3.08. The molecule has 0 bridgehead atoms. The van der Waals surface area contributed by atoms with Gasteiger partial charge in [0.25, 0.3) is 0 Å². The highest BCUT2D eigenvalue weighted by atomic mass is 35.5. The number of para-hydroxylation sites is 1. The summed E-state index contributed by atoms with van der Waals surface area (Å²) >= 11 is 7.67. The second-order valence-electron chi connectivity index (χ2n) is 9.19. The second-order valence-corrected chi connectivity index (χ2v) is 10.6. The van der Waals surface area contributed by atoms with Crippen LogP contribution in [0.15, 0.2) is 78.0 Å². The third kappa shape index (κ3) is 4.13. The van der Waals surface area contributed by atoms with Gasteiger partial charge in [-0.1, -0.05) is 78.8 Å². The highest BCUT2D eigenvalue weighted by Crippen LogP contribution is 2.35. The number of carbonyl (C=O) groups is 1. The van der Waals surface area contributed by atoms with Crippen LogP contribution in [0.3, 0.4) is 0 Å². The molecule has 6 rings (SSSR count). The minimum Gasteiger partial charge on any atom is -0.283 e. The molecule has 0 spiro atoms. The number of aromatic nitrogens is 3. The molecule has 2 heterocycles. The van der Waals surface area contributed by atoms with Crippen molar-refractivity contribution < 1.29 is 4.79 Å². The Morgan fingerprint density at radius 2 is 1.83 bits per heavy atom. The minimum absolute atomic E-state index is 0.0723. The van der Waals surface area contributed by atoms with Crippen molar-refractivity contribution in [3.05, 3.63) is 89.1 Å². The molecule has 0 N–H and O–H groups in total. The van der Waals surface area contributed by atoms with E-state index in [0.29, 0.717) is 16.1 Å². The molecule has 0 saturated carbocycles. The molecule has 0 radical (unpaired) electrons. The number of nitrogens with zero attached hydrogens (tertiary/aromatic N) is 3. The first-order valence-electron chi connectivity index (χ1n) is 11.9. The molecule has 1 aliphatic rings. The third-order valence-electron chi connectivity index (χ3n) is 6.77. The van der Waals surface area contributed by atoms with E-state index in [-0.39, 0.29) is 11.7 Å². The predicted molar refractivity (Wildman–Crippen MR) is 144 cm³/mol. The monoisotopic (exact) mass is 497 g/mol. The first-order valence-corrected chi connectivity index (χ1v) is 13.2. The van der Waals surface area contributed by atoms with E-state index in [9.17, 15) is 4.79 Å². The molecule has 0 saturated heterocycles. The molecule has 0 unspecified atom stereocenters. The van der Waals surface area contributed by atoms with Crippen LogP contribution >= 0.6 is 23.4 Å². The van der Waals surface area contributed by atoms with Crippen molar-refractivity contribution in [2.24, 2.45) is 5.92 Å². The summed E-state index contributed by atoms with van der Waals surface area (Å²) < 4.78 is 1.95. The standard InChI is InChI=1S/C29H24ClN3OS/c1-18-11-14-26-22(15-18)21-9-5-6-10-25(21)33(26)27(34)17-35-29-31-24-13-12-20(30)16-23(24)28(32-29)19-7-3-2-4-8-19/h2-10,12-13,16,18H,11,14-15,17H2,1H3/t18-/m0/s1. The third-order valence-corrected chi connectivity index (χ3v) is 7.84. The summed E-state index contributed by atoms with van der Waals surface area (Å²) in [6.45, 7) is 2.29. The molecule has 2 aromatic heterocycles. The summed E-state index contributed by atoms with van der Waals surface area (Å²) in [5.74, 6) is 0.985. The molecule has 1 atom stereocenters. The second kappa shape index (κ2) is 9.14. The van der Waals surface area contributed by atoms with Crippen LogP contribution in [0, 0.1) is 5.92 Å². The Hall–Kier alpha value is -3.15. The summed E-state index contributed by atoms with van der Waals surface area (Å²) in [7, 11) is 0. The molecule has 1 aliphatic carbocycles. The highest BCUT2D eigenvalue weighted by molar-refractivity contribution is 7.99. The number of carbonyl (C=O) groups excluding carboxylic acids is 1. The van der Waals surface area contributed by atoms with Crippen LogP contribution in [0.1, 0.15) is 29.4 Å². The quantitative estimate of drug-likeness (QED) is 0.191. The van der Waals surface area contributed by atoms with Gasteiger partial charge in [0.05, 0.1) is 22.5 Å². The number of thioether (sulfide) groups is 1. The topological polar surface area (TPSA) is 47.8 Å². The number of rotatable bonds is 4. The van der Waals surface area contributed by atoms with Crippen molar-refractivity contribution >= 4 is 51.1 Å². The van der Waals surface area contributed by atoms with Crippen LogP contribution in [0.25, 0.3) is 33.1 Å². The zero-order valence-electron chi connectivity index (χ0n) is 19.4. The van der Waals surface area contributed by atoms with Crippen molar-refractivity contribution in [1.82, 2.24) is 14.5 Å². The molecule has 35 heavy (non-hydrogen) atoms. The molecule has 174 valence electrons. The molecular formula is C29H24ClN3OS. The van der Waals surface area contributed by atoms with Gasteiger partial charge in [-0.25, -0.2) is 9.97 Å². The van der Waals surface area contributed by atoms with Crippen LogP contribution in [-0.2, 0) is 12.8 Å². The number of benzene rings is 3. The van der Waals surface area contributed by atoms with E-state index in [1.165, 1.54) is 28.4 Å². The van der Waals surface area contributed by atoms with Gasteiger partial charge in [0.1, 0.15) is 0 Å². The van der Waals surface area contributed by atoms with Gasteiger partial charge in [0.15, 0.2) is 5.16 Å². The molecule has 5 aromatic rings. The van der Waals surface area contributed by atoms with Gasteiger partial charge in [-0.3, -0.25) is 9.36 Å². The van der Waals surface area contributed by atoms with Crippen molar-refractivity contribution in [2.75, 3.05) is 5.75 Å². The maximum Gasteiger partial charge on any atom is 0.241 e. The molecular weight excluding hydrogens is 474 g/mol. The molecule has 0 fully saturated rings. The van der Waals surface area contributed by atoms with E-state index in [4.69, 9.17) is 21.6 Å². The fourth-order valence-electron chi connectivity index (χ4n) is 5.12. The van der Waals surface area contributed by atoms with E-state index < -0.39 is 0 Å². The lowest BCUT2D eigenvalue weighted by atomic mass is 9.88. The van der Waals surface area contributed by atoms with Crippen LogP contribution in [0.5, 0.6) is 0 Å². The normalized spacial score (nSPS) is 15.4. The van der Waals surface area contributed by atoms with Crippen molar-refractivity contribution in [3.8, 4) is 11.3 Å². The molecule has 6 heteroatoms. The fraction of sp³-hybridized carbons (Fsp3) is 0.207. The van der Waals surface area contributed by atoms with E-state index >= 15 is 0 Å². The van der Waals surface area contributed by atoms with Gasteiger partial charge in [0, 0.05) is 27.1 Å². The number of hydrogen-bond acceptors (Lipinski definition) is 4. The predicted octanol–water partition coefficient (Wildman–Crippen LogP) is 7.46. The zero-order valence-corrected chi connectivity index (χ0v) is 20.9. The summed E-state index contributed by atoms with van der Waals surface area (Å²) in [5, 5.41) is 3.34. The lowest BCUT2D eigenvalue weighted by Gasteiger charge is -2.20. The highest BCUT2D eigenvalue weighted by Gasteiger charge is 2.26. The van der Waals surface area contributed by atoms with Gasteiger partial charge >= 0.3 is 0 Å². The largest absolute Gasteiger partial charge is 0.283 e. The van der Waals surface area contributed by atoms with E-state index in [2.05, 4.69) is 25.1 Å². The van der Waals surface area contributed by atoms with E-state index in [1.54, 1.807) is 0 Å².